The van der Waals surface area contributed by atoms with Crippen molar-refractivity contribution in [2.45, 2.75) is 6.42 Å². The zero-order valence-electron chi connectivity index (χ0n) is 8.32. The first-order chi connectivity index (χ1) is 6.77. The van der Waals surface area contributed by atoms with E-state index in [4.69, 9.17) is 9.47 Å². The van der Waals surface area contributed by atoms with Gasteiger partial charge in [-0.2, -0.15) is 0 Å². The number of hydrogen-bond acceptors (Lipinski definition) is 4. The van der Waals surface area contributed by atoms with Gasteiger partial charge in [-0.25, -0.2) is 0 Å². The molecule has 0 radical (unpaired) electrons. The van der Waals surface area contributed by atoms with Crippen LogP contribution in [0.2, 0.25) is 0 Å². The fraction of sp³-hybridized carbons (Fsp3) is 0.400. The normalized spacial score (nSPS) is 9.86. The highest BCUT2D eigenvalue weighted by atomic mass is 16.5. The van der Waals surface area contributed by atoms with Gasteiger partial charge in [0.2, 0.25) is 0 Å². The standard InChI is InChI=1S/C10H13NO3/c1-13-4-3-10(12)8-5-9(14-2)7-11-6-8/h5-7H,3-4H2,1-2H3. The molecule has 0 N–H and O–H groups in total. The van der Waals surface area contributed by atoms with Crippen LogP contribution >= 0.6 is 0 Å². The van der Waals surface area contributed by atoms with Crippen molar-refractivity contribution in [3.63, 3.8) is 0 Å². The van der Waals surface area contributed by atoms with E-state index in [1.807, 2.05) is 0 Å². The van der Waals surface area contributed by atoms with E-state index in [1.54, 1.807) is 26.5 Å². The van der Waals surface area contributed by atoms with Gasteiger partial charge >= 0.3 is 0 Å². The average Bonchev–Trinajstić information content (AvgIpc) is 2.26. The number of nitrogens with zero attached hydrogens (tertiary/aromatic N) is 1. The molecule has 0 aliphatic carbocycles. The number of pyridine rings is 1. The van der Waals surface area contributed by atoms with Crippen molar-refractivity contribution >= 4 is 5.78 Å². The first kappa shape index (κ1) is 10.7. The zero-order chi connectivity index (χ0) is 10.4. The molecule has 0 amide bonds. The summed E-state index contributed by atoms with van der Waals surface area (Å²) in [6.45, 7) is 0.427. The molecular weight excluding hydrogens is 182 g/mol. The van der Waals surface area contributed by atoms with Crippen LogP contribution in [0, 0.1) is 0 Å². The summed E-state index contributed by atoms with van der Waals surface area (Å²) in [5.74, 6) is 0.603. The summed E-state index contributed by atoms with van der Waals surface area (Å²) >= 11 is 0. The lowest BCUT2D eigenvalue weighted by Crippen LogP contribution is -2.04. The highest BCUT2D eigenvalue weighted by Crippen LogP contribution is 2.11. The lowest BCUT2D eigenvalue weighted by molar-refractivity contribution is 0.0931. The van der Waals surface area contributed by atoms with E-state index in [0.717, 1.165) is 0 Å². The minimum atomic E-state index is 0.0123. The molecule has 4 heteroatoms. The number of carbonyl (C=O) groups is 1. The van der Waals surface area contributed by atoms with Crippen LogP contribution in [0.1, 0.15) is 16.8 Å². The SMILES string of the molecule is COCCC(=O)c1cncc(OC)c1. The third-order valence-electron chi connectivity index (χ3n) is 1.80. The first-order valence-corrected chi connectivity index (χ1v) is 4.29. The fourth-order valence-electron chi connectivity index (χ4n) is 1.02. The quantitative estimate of drug-likeness (QED) is 0.664. The Labute approximate surface area is 82.9 Å². The van der Waals surface area contributed by atoms with E-state index in [1.165, 1.54) is 6.20 Å². The van der Waals surface area contributed by atoms with Crippen molar-refractivity contribution < 1.29 is 14.3 Å². The molecule has 14 heavy (non-hydrogen) atoms. The summed E-state index contributed by atoms with van der Waals surface area (Å²) in [6.07, 6.45) is 3.46. The van der Waals surface area contributed by atoms with E-state index in [2.05, 4.69) is 4.98 Å². The topological polar surface area (TPSA) is 48.4 Å². The molecule has 0 unspecified atom stereocenters. The summed E-state index contributed by atoms with van der Waals surface area (Å²) in [4.78, 5) is 15.4. The molecule has 0 aliphatic heterocycles. The summed E-state index contributed by atoms with van der Waals surface area (Å²) in [6, 6.07) is 1.67. The number of hydrogen-bond donors (Lipinski definition) is 0. The van der Waals surface area contributed by atoms with Crippen molar-refractivity contribution in [2.75, 3.05) is 20.8 Å². The molecule has 76 valence electrons. The molecule has 1 aromatic heterocycles. The molecule has 1 rings (SSSR count). The van der Waals surface area contributed by atoms with E-state index in [-0.39, 0.29) is 5.78 Å². The van der Waals surface area contributed by atoms with Crippen LogP contribution in [0.3, 0.4) is 0 Å². The van der Waals surface area contributed by atoms with Crippen molar-refractivity contribution in [3.05, 3.63) is 24.0 Å². The van der Waals surface area contributed by atoms with Crippen LogP contribution < -0.4 is 4.74 Å². The Kier molecular flexibility index (Phi) is 4.07. The van der Waals surface area contributed by atoms with Gasteiger partial charge in [-0.1, -0.05) is 0 Å². The number of rotatable bonds is 5. The molecule has 0 bridgehead atoms. The van der Waals surface area contributed by atoms with Crippen LogP contribution in [-0.4, -0.2) is 31.6 Å². The van der Waals surface area contributed by atoms with Crippen LogP contribution in [0.5, 0.6) is 5.75 Å². The van der Waals surface area contributed by atoms with Crippen molar-refractivity contribution in [2.24, 2.45) is 0 Å². The summed E-state index contributed by atoms with van der Waals surface area (Å²) in [7, 11) is 3.11. The predicted octanol–water partition coefficient (Wildman–Crippen LogP) is 1.31. The molecule has 0 spiro atoms. The van der Waals surface area contributed by atoms with Gasteiger partial charge in [0.15, 0.2) is 5.78 Å². The maximum atomic E-state index is 11.5. The van der Waals surface area contributed by atoms with Gasteiger partial charge in [-0.15, -0.1) is 0 Å². The molecular formula is C10H13NO3. The van der Waals surface area contributed by atoms with Gasteiger partial charge in [-0.3, -0.25) is 9.78 Å². The third-order valence-corrected chi connectivity index (χ3v) is 1.80. The van der Waals surface area contributed by atoms with Gasteiger partial charge in [-0.05, 0) is 6.07 Å². The van der Waals surface area contributed by atoms with Gasteiger partial charge < -0.3 is 9.47 Å². The van der Waals surface area contributed by atoms with Crippen LogP contribution in [0.25, 0.3) is 0 Å². The maximum absolute atomic E-state index is 11.5. The second-order valence-corrected chi connectivity index (χ2v) is 2.78. The number of ether oxygens (including phenoxy) is 2. The Balaban J connectivity index is 2.69. The van der Waals surface area contributed by atoms with Crippen LogP contribution in [0.4, 0.5) is 0 Å². The molecule has 4 nitrogen and oxygen atoms in total. The maximum Gasteiger partial charge on any atom is 0.166 e. The molecule has 1 heterocycles. The number of methoxy groups -OCH3 is 2. The van der Waals surface area contributed by atoms with Gasteiger partial charge in [0.05, 0.1) is 19.9 Å². The first-order valence-electron chi connectivity index (χ1n) is 4.29. The average molecular weight is 195 g/mol. The van der Waals surface area contributed by atoms with E-state index < -0.39 is 0 Å². The summed E-state index contributed by atoms with van der Waals surface area (Å²) in [5.41, 5.74) is 0.557. The second-order valence-electron chi connectivity index (χ2n) is 2.78. The minimum Gasteiger partial charge on any atom is -0.495 e. The van der Waals surface area contributed by atoms with Crippen molar-refractivity contribution in [1.29, 1.82) is 0 Å². The monoisotopic (exact) mass is 195 g/mol. The Hall–Kier alpha value is -1.42. The molecule has 1 aromatic rings. The van der Waals surface area contributed by atoms with Crippen LogP contribution in [-0.2, 0) is 4.74 Å². The zero-order valence-corrected chi connectivity index (χ0v) is 8.32. The molecule has 0 saturated carbocycles. The van der Waals surface area contributed by atoms with Crippen molar-refractivity contribution in [3.8, 4) is 5.75 Å². The second kappa shape index (κ2) is 5.34. The number of carbonyl (C=O) groups excluding carboxylic acids is 1. The predicted molar refractivity (Wildman–Crippen MR) is 51.6 cm³/mol. The number of aromatic nitrogens is 1. The summed E-state index contributed by atoms with van der Waals surface area (Å²) in [5, 5.41) is 0. The summed E-state index contributed by atoms with van der Waals surface area (Å²) < 4.78 is 9.78. The Bertz CT molecular complexity index is 312. The van der Waals surface area contributed by atoms with Gasteiger partial charge in [0.25, 0.3) is 0 Å². The largest absolute Gasteiger partial charge is 0.495 e. The molecule has 0 atom stereocenters. The smallest absolute Gasteiger partial charge is 0.166 e. The number of ketones is 1. The Morgan fingerprint density at radius 1 is 1.43 bits per heavy atom. The fourth-order valence-corrected chi connectivity index (χ4v) is 1.02. The molecule has 0 saturated heterocycles. The molecule has 0 fully saturated rings. The third kappa shape index (κ3) is 2.81. The van der Waals surface area contributed by atoms with Gasteiger partial charge in [0, 0.05) is 25.3 Å². The van der Waals surface area contributed by atoms with E-state index in [0.29, 0.717) is 24.3 Å². The molecule has 0 aromatic carbocycles. The molecule has 0 aliphatic rings. The minimum absolute atomic E-state index is 0.0123. The Morgan fingerprint density at radius 2 is 2.21 bits per heavy atom. The van der Waals surface area contributed by atoms with Crippen LogP contribution in [0.15, 0.2) is 18.5 Å². The van der Waals surface area contributed by atoms with Gasteiger partial charge in [0.1, 0.15) is 5.75 Å². The lowest BCUT2D eigenvalue weighted by atomic mass is 10.1. The highest BCUT2D eigenvalue weighted by molar-refractivity contribution is 5.96. The number of Topliss-reactive ketones (excluding diaryl/α,β-unsaturated/α-hetero) is 1. The van der Waals surface area contributed by atoms with E-state index in [9.17, 15) is 4.79 Å². The van der Waals surface area contributed by atoms with Crippen molar-refractivity contribution in [1.82, 2.24) is 4.98 Å². The highest BCUT2D eigenvalue weighted by Gasteiger charge is 2.06. The lowest BCUT2D eigenvalue weighted by Gasteiger charge is -2.02. The van der Waals surface area contributed by atoms with E-state index >= 15 is 0 Å². The Morgan fingerprint density at radius 3 is 2.86 bits per heavy atom.